The van der Waals surface area contributed by atoms with Gasteiger partial charge in [-0.05, 0) is 47.2 Å². The fourth-order valence-corrected chi connectivity index (χ4v) is 4.95. The summed E-state index contributed by atoms with van der Waals surface area (Å²) < 4.78 is 3.24. The lowest BCUT2D eigenvalue weighted by Gasteiger charge is -2.22. The van der Waals surface area contributed by atoms with Crippen molar-refractivity contribution in [1.29, 1.82) is 0 Å². The number of hydrogen-bond acceptors (Lipinski definition) is 5. The van der Waals surface area contributed by atoms with Crippen LogP contribution in [0.2, 0.25) is 0 Å². The lowest BCUT2D eigenvalue weighted by molar-refractivity contribution is 0.0996. The molecule has 2 N–H and O–H groups in total. The van der Waals surface area contributed by atoms with Crippen molar-refractivity contribution in [3.8, 4) is 11.1 Å². The van der Waals surface area contributed by atoms with Crippen molar-refractivity contribution >= 4 is 23.1 Å². The van der Waals surface area contributed by atoms with E-state index in [9.17, 15) is 14.7 Å². The molecule has 4 aromatic rings. The van der Waals surface area contributed by atoms with Crippen LogP contribution in [0.3, 0.4) is 0 Å². The van der Waals surface area contributed by atoms with Crippen LogP contribution in [0, 0.1) is 6.92 Å². The Labute approximate surface area is 222 Å². The number of benzene rings is 2. The van der Waals surface area contributed by atoms with Crippen molar-refractivity contribution in [2.45, 2.75) is 46.3 Å². The number of aliphatic hydroxyl groups excluding tert-OH is 1. The minimum Gasteiger partial charge on any atom is -0.392 e. The maximum Gasteiger partial charge on any atom is 0.274 e. The van der Waals surface area contributed by atoms with E-state index in [2.05, 4.69) is 37.3 Å². The van der Waals surface area contributed by atoms with E-state index in [1.54, 1.807) is 28.9 Å². The highest BCUT2D eigenvalue weighted by molar-refractivity contribution is 6.10. The third-order valence-electron chi connectivity index (χ3n) is 7.25. The van der Waals surface area contributed by atoms with Crippen molar-refractivity contribution < 1.29 is 9.90 Å². The molecule has 0 spiro atoms. The van der Waals surface area contributed by atoms with E-state index in [1.165, 1.54) is 10.1 Å². The van der Waals surface area contributed by atoms with E-state index in [1.807, 2.05) is 50.4 Å². The topological polar surface area (TPSA) is 92.4 Å². The van der Waals surface area contributed by atoms with Crippen molar-refractivity contribution in [2.75, 3.05) is 10.2 Å². The van der Waals surface area contributed by atoms with Crippen LogP contribution in [-0.2, 0) is 32.7 Å². The highest BCUT2D eigenvalue weighted by atomic mass is 16.3. The van der Waals surface area contributed by atoms with Crippen molar-refractivity contribution in [3.63, 3.8) is 0 Å². The molecule has 8 heteroatoms. The molecule has 2 aromatic carbocycles. The Balaban J connectivity index is 1.55. The summed E-state index contributed by atoms with van der Waals surface area (Å²) in [4.78, 5) is 28.1. The standard InChI is InChI=1S/C30H33N5O3/c1-18-12-27(32-34(18)6)31-25-14-20(15-33(5)29(25)38)22-8-7-9-26(24(22)17-36)35-16-19-13-21(30(2,3)4)10-11-23(19)28(35)37/h7-15,36H,16-17H2,1-6H3,(H,31,32). The molecular weight excluding hydrogens is 478 g/mol. The van der Waals surface area contributed by atoms with E-state index in [0.29, 0.717) is 34.9 Å². The first-order valence-electron chi connectivity index (χ1n) is 12.6. The van der Waals surface area contributed by atoms with Crippen LogP contribution in [-0.4, -0.2) is 25.4 Å². The van der Waals surface area contributed by atoms with Gasteiger partial charge in [0, 0.05) is 48.7 Å². The van der Waals surface area contributed by atoms with E-state index in [0.717, 1.165) is 22.4 Å². The SMILES string of the molecule is Cc1cc(Nc2cc(-c3cccc(N4Cc5cc(C(C)(C)C)ccc5C4=O)c3CO)cn(C)c2=O)nn1C. The van der Waals surface area contributed by atoms with E-state index >= 15 is 0 Å². The number of carbonyl (C=O) groups is 1. The second-order valence-electron chi connectivity index (χ2n) is 11.0. The smallest absolute Gasteiger partial charge is 0.274 e. The van der Waals surface area contributed by atoms with Gasteiger partial charge in [0.1, 0.15) is 5.69 Å². The Hall–Kier alpha value is -4.17. The number of hydrogen-bond donors (Lipinski definition) is 2. The van der Waals surface area contributed by atoms with Crippen molar-refractivity contribution in [2.24, 2.45) is 14.1 Å². The van der Waals surface area contributed by atoms with Gasteiger partial charge in [0.2, 0.25) is 0 Å². The number of rotatable bonds is 5. The highest BCUT2D eigenvalue weighted by Crippen LogP contribution is 2.37. The summed E-state index contributed by atoms with van der Waals surface area (Å²) in [6.07, 6.45) is 1.74. The van der Waals surface area contributed by atoms with Gasteiger partial charge in [-0.1, -0.05) is 45.0 Å². The molecule has 3 heterocycles. The third kappa shape index (κ3) is 4.41. The number of pyridine rings is 1. The molecule has 2 aromatic heterocycles. The number of aryl methyl sites for hydroxylation is 3. The molecule has 1 aliphatic rings. The van der Waals surface area contributed by atoms with Crippen LogP contribution in [0.25, 0.3) is 11.1 Å². The zero-order valence-corrected chi connectivity index (χ0v) is 22.7. The first kappa shape index (κ1) is 25.5. The number of fused-ring (bicyclic) bond motifs is 1. The summed E-state index contributed by atoms with van der Waals surface area (Å²) in [5.41, 5.74) is 6.74. The largest absolute Gasteiger partial charge is 0.392 e. The number of aromatic nitrogens is 3. The van der Waals surface area contributed by atoms with Crippen LogP contribution < -0.4 is 15.8 Å². The van der Waals surface area contributed by atoms with Gasteiger partial charge in [-0.2, -0.15) is 5.10 Å². The zero-order valence-electron chi connectivity index (χ0n) is 22.7. The maximum absolute atomic E-state index is 13.4. The quantitative estimate of drug-likeness (QED) is 0.402. The van der Waals surface area contributed by atoms with Crippen molar-refractivity contribution in [3.05, 3.63) is 93.0 Å². The number of carbonyl (C=O) groups excluding carboxylic acids is 1. The molecule has 196 valence electrons. The van der Waals surface area contributed by atoms with Crippen LogP contribution >= 0.6 is 0 Å². The van der Waals surface area contributed by atoms with Gasteiger partial charge in [0.05, 0.1) is 18.8 Å². The summed E-state index contributed by atoms with van der Waals surface area (Å²) in [7, 11) is 3.53. The number of amides is 1. The van der Waals surface area contributed by atoms with Gasteiger partial charge in [0.25, 0.3) is 11.5 Å². The minimum atomic E-state index is -0.260. The summed E-state index contributed by atoms with van der Waals surface area (Å²) in [5, 5.41) is 18.0. The second kappa shape index (κ2) is 9.29. The molecule has 8 nitrogen and oxygen atoms in total. The monoisotopic (exact) mass is 511 g/mol. The fourth-order valence-electron chi connectivity index (χ4n) is 4.95. The predicted octanol–water partition coefficient (Wildman–Crippen LogP) is 4.79. The van der Waals surface area contributed by atoms with Gasteiger partial charge < -0.3 is 19.9 Å². The number of aliphatic hydroxyl groups is 1. The van der Waals surface area contributed by atoms with Crippen LogP contribution in [0.15, 0.2) is 59.5 Å². The second-order valence-corrected chi connectivity index (χ2v) is 11.0. The Morgan fingerprint density at radius 1 is 1.03 bits per heavy atom. The molecule has 0 aliphatic carbocycles. The first-order valence-corrected chi connectivity index (χ1v) is 12.6. The zero-order chi connectivity index (χ0) is 27.4. The van der Waals surface area contributed by atoms with E-state index < -0.39 is 0 Å². The lowest BCUT2D eigenvalue weighted by Crippen LogP contribution is -2.24. The molecule has 0 radical (unpaired) electrons. The Bertz CT molecular complexity index is 1600. The number of nitrogens with zero attached hydrogens (tertiary/aromatic N) is 4. The molecular formula is C30H33N5O3. The van der Waals surface area contributed by atoms with Gasteiger partial charge in [0.15, 0.2) is 5.82 Å². The van der Waals surface area contributed by atoms with Gasteiger partial charge in [-0.3, -0.25) is 14.3 Å². The average Bonchev–Trinajstić information content (AvgIpc) is 3.37. The van der Waals surface area contributed by atoms with E-state index in [4.69, 9.17) is 0 Å². The van der Waals surface area contributed by atoms with Crippen molar-refractivity contribution in [1.82, 2.24) is 14.3 Å². The molecule has 5 rings (SSSR count). The lowest BCUT2D eigenvalue weighted by atomic mass is 9.85. The van der Waals surface area contributed by atoms with Crippen LogP contribution in [0.1, 0.15) is 53.5 Å². The average molecular weight is 512 g/mol. The molecule has 0 fully saturated rings. The summed E-state index contributed by atoms with van der Waals surface area (Å²) in [5.74, 6) is 0.492. The van der Waals surface area contributed by atoms with Crippen LogP contribution in [0.5, 0.6) is 0 Å². The minimum absolute atomic E-state index is 0.0232. The number of anilines is 3. The summed E-state index contributed by atoms with van der Waals surface area (Å²) in [6, 6.07) is 15.3. The summed E-state index contributed by atoms with van der Waals surface area (Å²) >= 11 is 0. The fraction of sp³-hybridized carbons (Fsp3) is 0.300. The molecule has 0 unspecified atom stereocenters. The normalized spacial score (nSPS) is 13.2. The maximum atomic E-state index is 13.4. The Kier molecular flexibility index (Phi) is 6.23. The van der Waals surface area contributed by atoms with Crippen LogP contribution in [0.4, 0.5) is 17.2 Å². The van der Waals surface area contributed by atoms with Gasteiger partial charge in [-0.25, -0.2) is 0 Å². The van der Waals surface area contributed by atoms with E-state index in [-0.39, 0.29) is 23.5 Å². The molecule has 1 amide bonds. The van der Waals surface area contributed by atoms with Gasteiger partial charge in [-0.15, -0.1) is 0 Å². The molecule has 38 heavy (non-hydrogen) atoms. The molecule has 0 saturated heterocycles. The molecule has 0 bridgehead atoms. The first-order chi connectivity index (χ1) is 18.0. The molecule has 1 aliphatic heterocycles. The third-order valence-corrected chi connectivity index (χ3v) is 7.25. The molecule has 0 atom stereocenters. The Morgan fingerprint density at radius 3 is 2.45 bits per heavy atom. The highest BCUT2D eigenvalue weighted by Gasteiger charge is 2.31. The molecule has 0 saturated carbocycles. The summed E-state index contributed by atoms with van der Waals surface area (Å²) in [6.45, 7) is 8.58. The van der Waals surface area contributed by atoms with Gasteiger partial charge >= 0.3 is 0 Å². The Morgan fingerprint density at radius 2 is 1.79 bits per heavy atom. The number of nitrogens with one attached hydrogen (secondary N) is 1. The predicted molar refractivity (Wildman–Crippen MR) is 150 cm³/mol.